The van der Waals surface area contributed by atoms with E-state index in [-0.39, 0.29) is 0 Å². The number of hydrogen-bond donors (Lipinski definition) is 1. The molecule has 0 aromatic heterocycles. The van der Waals surface area contributed by atoms with Gasteiger partial charge in [0.05, 0.1) is 5.56 Å². The normalized spacial score (nSPS) is 9.55. The van der Waals surface area contributed by atoms with E-state index < -0.39 is 5.97 Å². The summed E-state index contributed by atoms with van der Waals surface area (Å²) in [5.74, 6) is -0.917. The standard InChI is InChI=1S/C7H6BClO2/c8-6-3-4(9)1-2-5(6)7(10)11/h1-3H,8H2,(H,10,11). The molecule has 0 aliphatic rings. The number of carboxylic acid groups (broad SMARTS) is 1. The highest BCUT2D eigenvalue weighted by Crippen LogP contribution is 2.06. The summed E-state index contributed by atoms with van der Waals surface area (Å²) < 4.78 is 0. The Hall–Kier alpha value is -0.955. The maximum atomic E-state index is 10.5. The lowest BCUT2D eigenvalue weighted by atomic mass is 9.91. The molecular formula is C7H6BClO2. The van der Waals surface area contributed by atoms with E-state index in [9.17, 15) is 4.79 Å². The predicted molar refractivity (Wildman–Crippen MR) is 46.6 cm³/mol. The van der Waals surface area contributed by atoms with Crippen LogP contribution in [0.1, 0.15) is 10.4 Å². The third-order valence-corrected chi connectivity index (χ3v) is 1.65. The number of carboxylic acids is 1. The smallest absolute Gasteiger partial charge is 0.335 e. The second-order valence-electron chi connectivity index (χ2n) is 2.26. The van der Waals surface area contributed by atoms with Crippen molar-refractivity contribution in [1.82, 2.24) is 0 Å². The molecule has 1 N–H and O–H groups in total. The highest BCUT2D eigenvalue weighted by atomic mass is 35.5. The number of aromatic carboxylic acids is 1. The van der Waals surface area contributed by atoms with Gasteiger partial charge in [0.1, 0.15) is 7.85 Å². The van der Waals surface area contributed by atoms with Gasteiger partial charge in [-0.1, -0.05) is 17.1 Å². The molecule has 0 saturated heterocycles. The fourth-order valence-electron chi connectivity index (χ4n) is 0.867. The molecule has 0 aliphatic heterocycles. The van der Waals surface area contributed by atoms with Crippen LogP contribution in [-0.4, -0.2) is 18.9 Å². The van der Waals surface area contributed by atoms with Gasteiger partial charge in [-0.2, -0.15) is 0 Å². The van der Waals surface area contributed by atoms with Crippen molar-refractivity contribution in [1.29, 1.82) is 0 Å². The average Bonchev–Trinajstić information content (AvgIpc) is 1.85. The van der Waals surface area contributed by atoms with E-state index in [2.05, 4.69) is 0 Å². The fraction of sp³-hybridized carbons (Fsp3) is 0. The number of halogens is 1. The number of carbonyl (C=O) groups is 1. The van der Waals surface area contributed by atoms with Gasteiger partial charge < -0.3 is 5.11 Å². The lowest BCUT2D eigenvalue weighted by Crippen LogP contribution is -2.14. The van der Waals surface area contributed by atoms with Crippen molar-refractivity contribution in [3.63, 3.8) is 0 Å². The van der Waals surface area contributed by atoms with Crippen LogP contribution in [0.25, 0.3) is 0 Å². The molecule has 0 amide bonds. The molecule has 4 heteroatoms. The van der Waals surface area contributed by atoms with Crippen molar-refractivity contribution in [3.8, 4) is 0 Å². The van der Waals surface area contributed by atoms with Crippen molar-refractivity contribution < 1.29 is 9.90 Å². The molecule has 0 fully saturated rings. The predicted octanol–water partition coefficient (Wildman–Crippen LogP) is 0.297. The Morgan fingerprint density at radius 1 is 1.55 bits per heavy atom. The molecule has 0 bridgehead atoms. The maximum Gasteiger partial charge on any atom is 0.335 e. The molecule has 11 heavy (non-hydrogen) atoms. The van der Waals surface area contributed by atoms with E-state index >= 15 is 0 Å². The van der Waals surface area contributed by atoms with E-state index in [0.717, 1.165) is 0 Å². The van der Waals surface area contributed by atoms with E-state index in [1.54, 1.807) is 20.0 Å². The molecule has 2 nitrogen and oxygen atoms in total. The molecule has 1 rings (SSSR count). The van der Waals surface area contributed by atoms with E-state index in [1.165, 1.54) is 6.07 Å². The topological polar surface area (TPSA) is 37.3 Å². The Kier molecular flexibility index (Phi) is 2.20. The van der Waals surface area contributed by atoms with Crippen LogP contribution in [0.3, 0.4) is 0 Å². The zero-order valence-corrected chi connectivity index (χ0v) is 6.72. The first-order valence-corrected chi connectivity index (χ1v) is 3.48. The van der Waals surface area contributed by atoms with Crippen LogP contribution >= 0.6 is 11.6 Å². The first-order chi connectivity index (χ1) is 5.11. The summed E-state index contributed by atoms with van der Waals surface area (Å²) in [6.45, 7) is 0. The summed E-state index contributed by atoms with van der Waals surface area (Å²) in [5, 5.41) is 9.18. The Morgan fingerprint density at radius 2 is 2.18 bits per heavy atom. The zero-order valence-electron chi connectivity index (χ0n) is 5.97. The quantitative estimate of drug-likeness (QED) is 0.612. The minimum absolute atomic E-state index is 0.300. The van der Waals surface area contributed by atoms with Gasteiger partial charge in [-0.3, -0.25) is 0 Å². The van der Waals surface area contributed by atoms with Gasteiger partial charge in [0.15, 0.2) is 0 Å². The zero-order chi connectivity index (χ0) is 8.43. The van der Waals surface area contributed by atoms with Gasteiger partial charge in [-0.15, -0.1) is 0 Å². The summed E-state index contributed by atoms with van der Waals surface area (Å²) in [6.07, 6.45) is 0. The summed E-state index contributed by atoms with van der Waals surface area (Å²) in [4.78, 5) is 10.5. The number of hydrogen-bond acceptors (Lipinski definition) is 1. The molecule has 0 heterocycles. The molecule has 0 spiro atoms. The average molecular weight is 168 g/mol. The van der Waals surface area contributed by atoms with Crippen molar-refractivity contribution in [2.45, 2.75) is 0 Å². The minimum Gasteiger partial charge on any atom is -0.478 e. The number of rotatable bonds is 1. The SMILES string of the molecule is Bc1cc(Cl)ccc1C(=O)O. The van der Waals surface area contributed by atoms with Gasteiger partial charge >= 0.3 is 5.97 Å². The number of benzene rings is 1. The molecule has 0 aliphatic carbocycles. The summed E-state index contributed by atoms with van der Waals surface area (Å²) in [6, 6.07) is 4.70. The van der Waals surface area contributed by atoms with E-state index in [4.69, 9.17) is 16.7 Å². The van der Waals surface area contributed by atoms with Gasteiger partial charge in [0, 0.05) is 5.02 Å². The molecule has 0 radical (unpaired) electrons. The maximum absolute atomic E-state index is 10.5. The molecule has 56 valence electrons. The van der Waals surface area contributed by atoms with Crippen LogP contribution in [0, 0.1) is 0 Å². The molecule has 1 aromatic rings. The third kappa shape index (κ3) is 1.74. The van der Waals surface area contributed by atoms with Crippen molar-refractivity contribution in [3.05, 3.63) is 28.8 Å². The van der Waals surface area contributed by atoms with Crippen LogP contribution in [0.15, 0.2) is 18.2 Å². The lowest BCUT2D eigenvalue weighted by Gasteiger charge is -1.99. The van der Waals surface area contributed by atoms with Gasteiger partial charge in [-0.25, -0.2) is 4.79 Å². The molecule has 0 atom stereocenters. The molecule has 1 aromatic carbocycles. The summed E-state index contributed by atoms with van der Waals surface area (Å²) in [7, 11) is 1.72. The van der Waals surface area contributed by atoms with Gasteiger partial charge in [0.25, 0.3) is 0 Å². The van der Waals surface area contributed by atoms with Crippen molar-refractivity contribution in [2.24, 2.45) is 0 Å². The fourth-order valence-corrected chi connectivity index (χ4v) is 1.09. The third-order valence-electron chi connectivity index (χ3n) is 1.42. The first kappa shape index (κ1) is 8.14. The van der Waals surface area contributed by atoms with Crippen LogP contribution in [0.4, 0.5) is 0 Å². The largest absolute Gasteiger partial charge is 0.478 e. The summed E-state index contributed by atoms with van der Waals surface area (Å²) >= 11 is 5.63. The Balaban J connectivity index is 3.20. The monoisotopic (exact) mass is 168 g/mol. The van der Waals surface area contributed by atoms with Crippen LogP contribution in [-0.2, 0) is 0 Å². The molecule has 0 unspecified atom stereocenters. The molecular weight excluding hydrogens is 162 g/mol. The molecule has 0 saturated carbocycles. The second kappa shape index (κ2) is 2.97. The summed E-state index contributed by atoms with van der Waals surface area (Å²) in [5.41, 5.74) is 0.986. The minimum atomic E-state index is -0.917. The first-order valence-electron chi connectivity index (χ1n) is 3.10. The van der Waals surface area contributed by atoms with Crippen LogP contribution in [0.5, 0.6) is 0 Å². The Labute approximate surface area is 70.2 Å². The second-order valence-corrected chi connectivity index (χ2v) is 2.70. The van der Waals surface area contributed by atoms with E-state index in [1.807, 2.05) is 0 Å². The Morgan fingerprint density at radius 3 is 2.64 bits per heavy atom. The van der Waals surface area contributed by atoms with Crippen molar-refractivity contribution in [2.75, 3.05) is 0 Å². The van der Waals surface area contributed by atoms with Crippen molar-refractivity contribution >= 4 is 30.9 Å². The van der Waals surface area contributed by atoms with E-state index in [0.29, 0.717) is 16.0 Å². The highest BCUT2D eigenvalue weighted by Gasteiger charge is 2.05. The van der Waals surface area contributed by atoms with Crippen LogP contribution < -0.4 is 5.46 Å². The van der Waals surface area contributed by atoms with Gasteiger partial charge in [0.2, 0.25) is 0 Å². The van der Waals surface area contributed by atoms with Crippen LogP contribution in [0.2, 0.25) is 5.02 Å². The van der Waals surface area contributed by atoms with Gasteiger partial charge in [-0.05, 0) is 18.2 Å². The lowest BCUT2D eigenvalue weighted by molar-refractivity contribution is 0.0698. The highest BCUT2D eigenvalue weighted by molar-refractivity contribution is 6.38. The Bertz CT molecular complexity index is 298.